The van der Waals surface area contributed by atoms with Crippen molar-refractivity contribution in [3.05, 3.63) is 82.4 Å². The van der Waals surface area contributed by atoms with Gasteiger partial charge in [-0.15, -0.1) is 0 Å². The van der Waals surface area contributed by atoms with Crippen LogP contribution in [0.5, 0.6) is 0 Å². The molecule has 0 unspecified atom stereocenters. The van der Waals surface area contributed by atoms with Crippen LogP contribution in [0.3, 0.4) is 0 Å². The van der Waals surface area contributed by atoms with Crippen LogP contribution in [0.2, 0.25) is 0 Å². The fourth-order valence-corrected chi connectivity index (χ4v) is 4.52. The number of alkyl halides is 2. The summed E-state index contributed by atoms with van der Waals surface area (Å²) in [5, 5.41) is 21.1. The highest BCUT2D eigenvalue weighted by Crippen LogP contribution is 2.44. The van der Waals surface area contributed by atoms with Gasteiger partial charge in [-0.3, -0.25) is 9.88 Å². The smallest absolute Gasteiger partial charge is 0.412 e. The Morgan fingerprint density at radius 1 is 1.11 bits per heavy atom. The van der Waals surface area contributed by atoms with Gasteiger partial charge in [-0.05, 0) is 28.3 Å². The van der Waals surface area contributed by atoms with Gasteiger partial charge in [0.25, 0.3) is 0 Å². The summed E-state index contributed by atoms with van der Waals surface area (Å²) in [5.74, 6) is -4.20. The molecule has 5 rings (SSSR count). The normalized spacial score (nSPS) is 22.5. The van der Waals surface area contributed by atoms with Gasteiger partial charge < -0.3 is 19.7 Å². The third-order valence-corrected chi connectivity index (χ3v) is 6.22. The van der Waals surface area contributed by atoms with Crippen molar-refractivity contribution in [2.75, 3.05) is 18.5 Å². The first-order valence-corrected chi connectivity index (χ1v) is 10.8. The molecular weight excluding hydrogens is 464 g/mol. The minimum Gasteiger partial charge on any atom is -0.448 e. The fraction of sp³-hybridized carbons (Fsp3) is 0.292. The highest BCUT2D eigenvalue weighted by Gasteiger charge is 2.59. The molecular formula is C24H21F2N3O6. The number of rotatable bonds is 5. The second kappa shape index (κ2) is 8.84. The monoisotopic (exact) mass is 485 g/mol. The Morgan fingerprint density at radius 2 is 1.74 bits per heavy atom. The second-order valence-corrected chi connectivity index (χ2v) is 8.28. The third-order valence-electron chi connectivity index (χ3n) is 6.22. The SMILES string of the molecule is O=C(Nc1ccn([C@@H]2O[C@H](CO)[C@@H](O)C2(F)F)c(=O)n1)OCC1c2ccccc2-c2ccccc21. The zero-order chi connectivity index (χ0) is 24.7. The number of benzene rings is 2. The molecule has 1 aromatic heterocycles. The minimum absolute atomic E-state index is 0.0412. The highest BCUT2D eigenvalue weighted by atomic mass is 19.3. The number of hydrogen-bond acceptors (Lipinski definition) is 7. The van der Waals surface area contributed by atoms with Crippen LogP contribution in [0, 0.1) is 0 Å². The number of carbonyl (C=O) groups is 1. The summed E-state index contributed by atoms with van der Waals surface area (Å²) in [6.07, 6.45) is -5.91. The zero-order valence-corrected chi connectivity index (χ0v) is 18.2. The predicted molar refractivity (Wildman–Crippen MR) is 119 cm³/mol. The Balaban J connectivity index is 1.27. The lowest BCUT2D eigenvalue weighted by Crippen LogP contribution is -2.41. The van der Waals surface area contributed by atoms with E-state index in [0.717, 1.165) is 34.5 Å². The Hall–Kier alpha value is -3.67. The van der Waals surface area contributed by atoms with Gasteiger partial charge in [-0.2, -0.15) is 13.8 Å². The Kier molecular flexibility index (Phi) is 5.83. The van der Waals surface area contributed by atoms with Crippen LogP contribution in [0.1, 0.15) is 23.3 Å². The molecule has 2 aliphatic rings. The van der Waals surface area contributed by atoms with Gasteiger partial charge in [0, 0.05) is 12.1 Å². The largest absolute Gasteiger partial charge is 0.448 e. The summed E-state index contributed by atoms with van der Waals surface area (Å²) >= 11 is 0. The van der Waals surface area contributed by atoms with Crippen molar-refractivity contribution in [1.82, 2.24) is 9.55 Å². The summed E-state index contributed by atoms with van der Waals surface area (Å²) in [4.78, 5) is 28.3. The fourth-order valence-electron chi connectivity index (χ4n) is 4.52. The lowest BCUT2D eigenvalue weighted by atomic mass is 9.98. The maximum absolute atomic E-state index is 14.3. The summed E-state index contributed by atoms with van der Waals surface area (Å²) in [6.45, 7) is -0.809. The number of hydrogen-bond donors (Lipinski definition) is 3. The molecule has 1 fully saturated rings. The van der Waals surface area contributed by atoms with Gasteiger partial charge in [0.05, 0.1) is 6.61 Å². The number of fused-ring (bicyclic) bond motifs is 3. The van der Waals surface area contributed by atoms with Crippen molar-refractivity contribution in [3.63, 3.8) is 0 Å². The van der Waals surface area contributed by atoms with Gasteiger partial charge in [0.15, 0.2) is 6.10 Å². The Bertz CT molecular complexity index is 1280. The molecule has 1 aliphatic heterocycles. The third kappa shape index (κ3) is 3.97. The molecule has 182 valence electrons. The number of amides is 1. The minimum atomic E-state index is -3.83. The van der Waals surface area contributed by atoms with E-state index in [1.54, 1.807) is 0 Å². The van der Waals surface area contributed by atoms with Crippen LogP contribution < -0.4 is 11.0 Å². The first-order valence-electron chi connectivity index (χ1n) is 10.8. The standard InChI is InChI=1S/C24H21F2N3O6/c25-24(26)20(31)18(11-30)35-21(24)29-10-9-19(27-22(29)32)28-23(33)34-12-17-15-7-3-1-5-13(15)14-6-2-4-8-16(14)17/h1-10,17-18,20-21,30-31H,11-12H2,(H,27,28,32,33)/t18-,20-,21-/m1/s1. The van der Waals surface area contributed by atoms with E-state index in [-0.39, 0.29) is 18.3 Å². The van der Waals surface area contributed by atoms with Gasteiger partial charge in [-0.1, -0.05) is 48.5 Å². The topological polar surface area (TPSA) is 123 Å². The predicted octanol–water partition coefficient (Wildman–Crippen LogP) is 2.49. The quantitative estimate of drug-likeness (QED) is 0.508. The van der Waals surface area contributed by atoms with E-state index >= 15 is 0 Å². The molecule has 3 N–H and O–H groups in total. The molecule has 11 heteroatoms. The molecule has 3 aromatic rings. The van der Waals surface area contributed by atoms with Crippen molar-refractivity contribution >= 4 is 11.9 Å². The molecule has 1 saturated heterocycles. The number of ether oxygens (including phenoxy) is 2. The molecule has 35 heavy (non-hydrogen) atoms. The average Bonchev–Trinajstić information content (AvgIpc) is 3.29. The molecule has 0 spiro atoms. The van der Waals surface area contributed by atoms with Gasteiger partial charge in [0.1, 0.15) is 18.5 Å². The first kappa shape index (κ1) is 23.1. The Labute approximate surface area is 197 Å². The van der Waals surface area contributed by atoms with Crippen LogP contribution in [0.25, 0.3) is 11.1 Å². The molecule has 3 atom stereocenters. The molecule has 1 aliphatic carbocycles. The summed E-state index contributed by atoms with van der Waals surface area (Å²) < 4.78 is 39.4. The zero-order valence-electron chi connectivity index (χ0n) is 18.2. The van der Waals surface area contributed by atoms with Gasteiger partial charge in [0.2, 0.25) is 6.23 Å². The molecule has 0 saturated carbocycles. The van der Waals surface area contributed by atoms with Gasteiger partial charge >= 0.3 is 17.7 Å². The molecule has 9 nitrogen and oxygen atoms in total. The van der Waals surface area contributed by atoms with E-state index in [1.165, 1.54) is 0 Å². The van der Waals surface area contributed by atoms with Crippen LogP contribution in [0.4, 0.5) is 19.4 Å². The van der Waals surface area contributed by atoms with Crippen LogP contribution in [0.15, 0.2) is 65.6 Å². The summed E-state index contributed by atoms with van der Waals surface area (Å²) in [6, 6.07) is 16.8. The van der Waals surface area contributed by atoms with Crippen LogP contribution >= 0.6 is 0 Å². The molecule has 2 aromatic carbocycles. The second-order valence-electron chi connectivity index (χ2n) is 8.28. The van der Waals surface area contributed by atoms with E-state index in [4.69, 9.17) is 14.6 Å². The molecule has 2 heterocycles. The van der Waals surface area contributed by atoms with Crippen molar-refractivity contribution in [2.45, 2.75) is 30.3 Å². The van der Waals surface area contributed by atoms with Crippen molar-refractivity contribution in [3.8, 4) is 11.1 Å². The van der Waals surface area contributed by atoms with E-state index < -0.39 is 42.7 Å². The van der Waals surface area contributed by atoms with E-state index in [2.05, 4.69) is 10.3 Å². The maximum Gasteiger partial charge on any atom is 0.412 e. The number of aromatic nitrogens is 2. The molecule has 0 radical (unpaired) electrons. The van der Waals surface area contributed by atoms with E-state index in [1.807, 2.05) is 48.5 Å². The van der Waals surface area contributed by atoms with Crippen molar-refractivity contribution < 1.29 is 33.3 Å². The number of carbonyl (C=O) groups excluding carboxylic acids is 1. The lowest BCUT2D eigenvalue weighted by Gasteiger charge is -2.21. The average molecular weight is 485 g/mol. The molecule has 0 bridgehead atoms. The summed E-state index contributed by atoms with van der Waals surface area (Å²) in [5.41, 5.74) is 3.06. The van der Waals surface area contributed by atoms with Gasteiger partial charge in [-0.25, -0.2) is 9.59 Å². The first-order chi connectivity index (χ1) is 16.8. The highest BCUT2D eigenvalue weighted by molar-refractivity contribution is 5.83. The van der Waals surface area contributed by atoms with Crippen LogP contribution in [-0.4, -0.2) is 57.2 Å². The van der Waals surface area contributed by atoms with Crippen molar-refractivity contribution in [1.29, 1.82) is 0 Å². The maximum atomic E-state index is 14.3. The van der Waals surface area contributed by atoms with Crippen molar-refractivity contribution in [2.24, 2.45) is 0 Å². The number of nitrogens with zero attached hydrogens (tertiary/aromatic N) is 2. The number of aliphatic hydroxyl groups is 2. The summed E-state index contributed by atoms with van der Waals surface area (Å²) in [7, 11) is 0. The van der Waals surface area contributed by atoms with Crippen LogP contribution in [-0.2, 0) is 9.47 Å². The number of anilines is 1. The number of halogens is 2. The Morgan fingerprint density at radius 3 is 2.31 bits per heavy atom. The molecule has 1 amide bonds. The number of aliphatic hydroxyl groups excluding tert-OH is 2. The number of nitrogens with one attached hydrogen (secondary N) is 1. The van der Waals surface area contributed by atoms with E-state index in [9.17, 15) is 23.5 Å². The lowest BCUT2D eigenvalue weighted by molar-refractivity contribution is -0.140. The van der Waals surface area contributed by atoms with E-state index in [0.29, 0.717) is 4.57 Å².